The van der Waals surface area contributed by atoms with E-state index in [1.165, 1.54) is 16.0 Å². The summed E-state index contributed by atoms with van der Waals surface area (Å²) in [6, 6.07) is 11.6. The van der Waals surface area contributed by atoms with Crippen molar-refractivity contribution in [3.8, 4) is 0 Å². The molecule has 0 bridgehead atoms. The first-order valence-corrected chi connectivity index (χ1v) is 7.37. The first-order chi connectivity index (χ1) is 9.15. The number of aromatic nitrogens is 2. The Hall–Kier alpha value is -0.961. The van der Waals surface area contributed by atoms with Crippen LogP contribution < -0.4 is 0 Å². The van der Waals surface area contributed by atoms with Crippen molar-refractivity contribution in [1.82, 2.24) is 9.97 Å². The normalized spacial score (nSPS) is 16.1. The molecule has 0 saturated carbocycles. The molecule has 2 nitrogen and oxygen atoms in total. The van der Waals surface area contributed by atoms with Crippen LogP contribution in [0, 0.1) is 6.07 Å². The van der Waals surface area contributed by atoms with Crippen molar-refractivity contribution < 1.29 is 20.1 Å². The van der Waals surface area contributed by atoms with Gasteiger partial charge < -0.3 is 4.98 Å². The van der Waals surface area contributed by atoms with Gasteiger partial charge in [-0.05, 0) is 22.0 Å². The monoisotopic (exact) mass is 458 g/mol. The van der Waals surface area contributed by atoms with Crippen LogP contribution >= 0.6 is 11.8 Å². The molecule has 0 amide bonds. The first-order valence-electron chi connectivity index (χ1n) is 6.39. The Balaban J connectivity index is 0.00000121. The topological polar surface area (TPSA) is 25.8 Å². The van der Waals surface area contributed by atoms with E-state index >= 15 is 0 Å². The molecule has 0 aliphatic carbocycles. The standard InChI is InChI=1S/C16H13N2S.Ir/c1-16(2)9-19-15-12(16)8-10-5-6-13-11(14(10)18-15)4-3-7-17-13;/h3,5-8H,9H2,1-2H3;/q-1;. The van der Waals surface area contributed by atoms with Gasteiger partial charge in [0, 0.05) is 31.3 Å². The zero-order valence-electron chi connectivity index (χ0n) is 11.2. The fourth-order valence-electron chi connectivity index (χ4n) is 2.62. The van der Waals surface area contributed by atoms with Crippen LogP contribution in [0.3, 0.4) is 0 Å². The minimum Gasteiger partial charge on any atom is -0.352 e. The minimum atomic E-state index is 0. The van der Waals surface area contributed by atoms with Crippen LogP contribution in [-0.2, 0) is 25.5 Å². The van der Waals surface area contributed by atoms with E-state index in [1.807, 2.05) is 17.8 Å². The molecule has 0 N–H and O–H groups in total. The van der Waals surface area contributed by atoms with Gasteiger partial charge in [-0.2, -0.15) is 0 Å². The second-order valence-electron chi connectivity index (χ2n) is 5.63. The van der Waals surface area contributed by atoms with Crippen molar-refractivity contribution in [3.05, 3.63) is 42.1 Å². The van der Waals surface area contributed by atoms with Crippen molar-refractivity contribution in [1.29, 1.82) is 0 Å². The number of rotatable bonds is 0. The number of nitrogens with zero attached hydrogens (tertiary/aromatic N) is 2. The fraction of sp³-hybridized carbons (Fsp3) is 0.250. The molecule has 0 unspecified atom stereocenters. The van der Waals surface area contributed by atoms with E-state index in [4.69, 9.17) is 4.98 Å². The molecule has 1 aliphatic heterocycles. The molecule has 3 aromatic rings. The van der Waals surface area contributed by atoms with Crippen molar-refractivity contribution in [2.24, 2.45) is 0 Å². The molecular formula is C16H13IrN2S-. The van der Waals surface area contributed by atoms with Gasteiger partial charge in [0.15, 0.2) is 0 Å². The average molecular weight is 458 g/mol. The van der Waals surface area contributed by atoms with Gasteiger partial charge in [-0.15, -0.1) is 23.9 Å². The third-order valence-electron chi connectivity index (χ3n) is 3.75. The van der Waals surface area contributed by atoms with Crippen LogP contribution in [0.1, 0.15) is 19.4 Å². The van der Waals surface area contributed by atoms with Gasteiger partial charge in [0.1, 0.15) is 0 Å². The van der Waals surface area contributed by atoms with Gasteiger partial charge in [0.2, 0.25) is 0 Å². The van der Waals surface area contributed by atoms with Gasteiger partial charge in [0.05, 0.1) is 5.03 Å². The van der Waals surface area contributed by atoms with Gasteiger partial charge >= 0.3 is 0 Å². The van der Waals surface area contributed by atoms with Crippen LogP contribution in [0.5, 0.6) is 0 Å². The largest absolute Gasteiger partial charge is 0.352 e. The fourth-order valence-corrected chi connectivity index (χ4v) is 3.92. The molecule has 3 heterocycles. The van der Waals surface area contributed by atoms with Crippen molar-refractivity contribution in [2.45, 2.75) is 24.3 Å². The van der Waals surface area contributed by atoms with Crippen molar-refractivity contribution in [3.63, 3.8) is 0 Å². The molecule has 0 spiro atoms. The van der Waals surface area contributed by atoms with E-state index in [9.17, 15) is 0 Å². The van der Waals surface area contributed by atoms with Crippen molar-refractivity contribution >= 4 is 33.6 Å². The summed E-state index contributed by atoms with van der Waals surface area (Å²) in [5.41, 5.74) is 3.57. The molecule has 1 radical (unpaired) electrons. The maximum Gasteiger partial charge on any atom is 0.0893 e. The van der Waals surface area contributed by atoms with Crippen LogP contribution in [0.15, 0.2) is 35.5 Å². The van der Waals surface area contributed by atoms with E-state index in [-0.39, 0.29) is 25.5 Å². The van der Waals surface area contributed by atoms with Crippen LogP contribution in [0.4, 0.5) is 0 Å². The molecule has 4 heteroatoms. The predicted octanol–water partition coefficient (Wildman–Crippen LogP) is 3.96. The van der Waals surface area contributed by atoms with E-state index < -0.39 is 0 Å². The smallest absolute Gasteiger partial charge is 0.0893 e. The molecular weight excluding hydrogens is 444 g/mol. The minimum absolute atomic E-state index is 0. The molecule has 4 rings (SSSR count). The summed E-state index contributed by atoms with van der Waals surface area (Å²) >= 11 is 1.85. The zero-order chi connectivity index (χ0) is 13.0. The van der Waals surface area contributed by atoms with Gasteiger partial charge in [-0.25, -0.2) is 0 Å². The number of thioether (sulfide) groups is 1. The number of pyridine rings is 2. The maximum absolute atomic E-state index is 4.87. The van der Waals surface area contributed by atoms with Crippen LogP contribution in [-0.4, -0.2) is 15.7 Å². The summed E-state index contributed by atoms with van der Waals surface area (Å²) < 4.78 is 0. The van der Waals surface area contributed by atoms with E-state index in [2.05, 4.69) is 43.1 Å². The second kappa shape index (κ2) is 4.80. The Labute approximate surface area is 135 Å². The number of fused-ring (bicyclic) bond motifs is 4. The van der Waals surface area contributed by atoms with Crippen molar-refractivity contribution in [2.75, 3.05) is 5.75 Å². The Bertz CT molecular complexity index is 814. The summed E-state index contributed by atoms with van der Waals surface area (Å²) in [4.78, 5) is 9.25. The summed E-state index contributed by atoms with van der Waals surface area (Å²) in [6.45, 7) is 4.57. The Kier molecular flexibility index (Phi) is 3.36. The Morgan fingerprint density at radius 1 is 1.30 bits per heavy atom. The molecule has 103 valence electrons. The Morgan fingerprint density at radius 2 is 2.15 bits per heavy atom. The van der Waals surface area contributed by atoms with Gasteiger partial charge in [-0.3, -0.25) is 4.98 Å². The van der Waals surface area contributed by atoms with E-state index in [0.717, 1.165) is 22.2 Å². The molecule has 1 aliphatic rings. The average Bonchev–Trinajstić information content (AvgIpc) is 2.72. The quantitative estimate of drug-likeness (QED) is 0.378. The third-order valence-corrected chi connectivity index (χ3v) is 5.20. The molecule has 1 aromatic carbocycles. The second-order valence-corrected chi connectivity index (χ2v) is 6.60. The third kappa shape index (κ3) is 1.98. The maximum atomic E-state index is 4.87. The summed E-state index contributed by atoms with van der Waals surface area (Å²) in [7, 11) is 0. The number of hydrogen-bond donors (Lipinski definition) is 0. The van der Waals surface area contributed by atoms with Crippen LogP contribution in [0.25, 0.3) is 21.8 Å². The molecule has 0 atom stereocenters. The van der Waals surface area contributed by atoms with E-state index in [1.54, 1.807) is 6.20 Å². The number of benzene rings is 1. The predicted molar refractivity (Wildman–Crippen MR) is 79.6 cm³/mol. The number of hydrogen-bond acceptors (Lipinski definition) is 3. The molecule has 20 heavy (non-hydrogen) atoms. The zero-order valence-corrected chi connectivity index (χ0v) is 14.4. The molecule has 2 aromatic heterocycles. The summed E-state index contributed by atoms with van der Waals surface area (Å²) in [5, 5.41) is 3.38. The van der Waals surface area contributed by atoms with Gasteiger partial charge in [0.25, 0.3) is 0 Å². The molecule has 0 saturated heterocycles. The summed E-state index contributed by atoms with van der Waals surface area (Å²) in [6.07, 6.45) is 1.78. The summed E-state index contributed by atoms with van der Waals surface area (Å²) in [5.74, 6) is 1.10. The van der Waals surface area contributed by atoms with Gasteiger partial charge in [-0.1, -0.05) is 43.6 Å². The van der Waals surface area contributed by atoms with Crippen LogP contribution in [0.2, 0.25) is 0 Å². The molecule has 0 fully saturated rings. The SMILES string of the molecule is CC1(C)CSc2nc3c(ccc4ncc[c-]c43)cc21.[Ir]. The van der Waals surface area contributed by atoms with E-state index in [0.29, 0.717) is 0 Å². The first kappa shape index (κ1) is 14.0. The Morgan fingerprint density at radius 3 is 3.00 bits per heavy atom.